The number of rotatable bonds is 4. The Balaban J connectivity index is 2.33. The number of aryl methyl sites for hydroxylation is 3. The summed E-state index contributed by atoms with van der Waals surface area (Å²) < 4.78 is 1.77. The van der Waals surface area contributed by atoms with E-state index in [9.17, 15) is 5.11 Å². The Bertz CT molecular complexity index is 504. The minimum Gasteiger partial charge on any atom is -0.380 e. The van der Waals surface area contributed by atoms with Crippen molar-refractivity contribution in [3.05, 3.63) is 33.5 Å². The molecule has 0 aromatic carbocycles. The molecule has 0 aliphatic carbocycles. The van der Waals surface area contributed by atoms with E-state index in [1.165, 1.54) is 11.2 Å². The van der Waals surface area contributed by atoms with Crippen LogP contribution in [0.5, 0.6) is 0 Å². The van der Waals surface area contributed by atoms with Crippen molar-refractivity contribution in [3.63, 3.8) is 0 Å². The molecule has 1 unspecified atom stereocenters. The average Bonchev–Trinajstić information content (AvgIpc) is 2.85. The molecule has 0 saturated carbocycles. The minimum absolute atomic E-state index is 0.632. The van der Waals surface area contributed by atoms with Gasteiger partial charge in [0.2, 0.25) is 0 Å². The minimum atomic E-state index is -0.672. The van der Waals surface area contributed by atoms with Gasteiger partial charge in [0.15, 0.2) is 5.82 Å². The summed E-state index contributed by atoms with van der Waals surface area (Å²) in [7, 11) is 0. The third kappa shape index (κ3) is 2.40. The largest absolute Gasteiger partial charge is 0.380 e. The van der Waals surface area contributed by atoms with Crippen LogP contribution in [0.3, 0.4) is 0 Å². The van der Waals surface area contributed by atoms with Gasteiger partial charge in [0.05, 0.1) is 0 Å². The van der Waals surface area contributed by atoms with Gasteiger partial charge in [-0.1, -0.05) is 6.92 Å². The number of aromatic nitrogens is 3. The molecule has 0 bridgehead atoms. The maximum atomic E-state index is 10.4. The van der Waals surface area contributed by atoms with Crippen LogP contribution < -0.4 is 0 Å². The summed E-state index contributed by atoms with van der Waals surface area (Å²) in [5, 5.41) is 14.5. The lowest BCUT2D eigenvalue weighted by Gasteiger charge is -2.11. The fourth-order valence-corrected chi connectivity index (χ4v) is 2.89. The number of hydrogen-bond donors (Lipinski definition) is 1. The first-order valence-corrected chi connectivity index (χ1v) is 6.57. The highest BCUT2D eigenvalue weighted by Crippen LogP contribution is 2.29. The molecule has 0 saturated heterocycles. The molecule has 17 heavy (non-hydrogen) atoms. The van der Waals surface area contributed by atoms with Gasteiger partial charge in [0, 0.05) is 21.9 Å². The number of thiophene rings is 1. The Morgan fingerprint density at radius 3 is 2.82 bits per heavy atom. The molecule has 0 aliphatic rings. The van der Waals surface area contributed by atoms with E-state index < -0.39 is 6.10 Å². The second kappa shape index (κ2) is 4.98. The van der Waals surface area contributed by atoms with Crippen molar-refractivity contribution in [2.75, 3.05) is 0 Å². The lowest BCUT2D eigenvalue weighted by atomic mass is 10.1. The van der Waals surface area contributed by atoms with Crippen LogP contribution in [0, 0.1) is 13.8 Å². The highest BCUT2D eigenvalue weighted by molar-refractivity contribution is 7.12. The molecule has 0 fully saturated rings. The van der Waals surface area contributed by atoms with Gasteiger partial charge in [-0.15, -0.1) is 11.3 Å². The van der Waals surface area contributed by atoms with Crippen molar-refractivity contribution in [2.24, 2.45) is 0 Å². The van der Waals surface area contributed by atoms with E-state index in [0.29, 0.717) is 5.82 Å². The maximum absolute atomic E-state index is 10.4. The van der Waals surface area contributed by atoms with Crippen molar-refractivity contribution < 1.29 is 5.11 Å². The molecule has 1 N–H and O–H groups in total. The van der Waals surface area contributed by atoms with Gasteiger partial charge in [-0.25, -0.2) is 9.67 Å². The third-order valence-corrected chi connectivity index (χ3v) is 3.68. The zero-order valence-corrected chi connectivity index (χ0v) is 11.2. The molecule has 0 spiro atoms. The smallest absolute Gasteiger partial charge is 0.160 e. The summed E-state index contributed by atoms with van der Waals surface area (Å²) >= 11 is 1.70. The van der Waals surface area contributed by atoms with Gasteiger partial charge in [0.25, 0.3) is 0 Å². The van der Waals surface area contributed by atoms with Crippen LogP contribution in [0.15, 0.2) is 12.4 Å². The Labute approximate surface area is 105 Å². The van der Waals surface area contributed by atoms with Gasteiger partial charge in [0.1, 0.15) is 12.4 Å². The van der Waals surface area contributed by atoms with E-state index in [1.54, 1.807) is 16.0 Å². The van der Waals surface area contributed by atoms with Crippen molar-refractivity contribution in [1.29, 1.82) is 0 Å². The highest BCUT2D eigenvalue weighted by Gasteiger charge is 2.20. The van der Waals surface area contributed by atoms with Crippen molar-refractivity contribution >= 4 is 11.3 Å². The molecule has 0 radical (unpaired) electrons. The van der Waals surface area contributed by atoms with E-state index in [2.05, 4.69) is 17.0 Å². The van der Waals surface area contributed by atoms with Crippen LogP contribution in [-0.2, 0) is 6.54 Å². The van der Waals surface area contributed by atoms with Gasteiger partial charge >= 0.3 is 0 Å². The normalized spacial score (nSPS) is 12.9. The molecule has 2 heterocycles. The Morgan fingerprint density at radius 2 is 2.24 bits per heavy atom. The SMILES string of the molecule is CCCn1ncnc1C(O)c1cc(C)sc1C. The summed E-state index contributed by atoms with van der Waals surface area (Å²) in [4.78, 5) is 6.51. The van der Waals surface area contributed by atoms with E-state index in [0.717, 1.165) is 23.4 Å². The molecule has 4 nitrogen and oxygen atoms in total. The molecule has 2 aromatic heterocycles. The Morgan fingerprint density at radius 1 is 1.47 bits per heavy atom. The van der Waals surface area contributed by atoms with Crippen molar-refractivity contribution in [3.8, 4) is 0 Å². The first kappa shape index (κ1) is 12.3. The summed E-state index contributed by atoms with van der Waals surface area (Å²) in [5.74, 6) is 0.632. The fraction of sp³-hybridized carbons (Fsp3) is 0.500. The third-order valence-electron chi connectivity index (χ3n) is 2.70. The lowest BCUT2D eigenvalue weighted by Crippen LogP contribution is -2.11. The van der Waals surface area contributed by atoms with Crippen LogP contribution in [0.2, 0.25) is 0 Å². The molecule has 2 rings (SSSR count). The summed E-state index contributed by atoms with van der Waals surface area (Å²) in [5.41, 5.74) is 0.942. The Hall–Kier alpha value is -1.20. The zero-order valence-electron chi connectivity index (χ0n) is 10.3. The van der Waals surface area contributed by atoms with Crippen LogP contribution in [0.4, 0.5) is 0 Å². The van der Waals surface area contributed by atoms with Gasteiger partial charge in [-0.2, -0.15) is 5.10 Å². The predicted octanol–water partition coefficient (Wildman–Crippen LogP) is 2.45. The molecule has 0 amide bonds. The number of aliphatic hydroxyl groups excluding tert-OH is 1. The summed E-state index contributed by atoms with van der Waals surface area (Å²) in [6.07, 6.45) is 1.81. The second-order valence-electron chi connectivity index (χ2n) is 4.11. The zero-order chi connectivity index (χ0) is 12.4. The van der Waals surface area contributed by atoms with Crippen molar-refractivity contribution in [2.45, 2.75) is 39.8 Å². The number of aliphatic hydroxyl groups is 1. The topological polar surface area (TPSA) is 50.9 Å². The van der Waals surface area contributed by atoms with Gasteiger partial charge in [-0.05, 0) is 26.3 Å². The average molecular weight is 251 g/mol. The van der Waals surface area contributed by atoms with E-state index in [-0.39, 0.29) is 0 Å². The molecule has 2 aromatic rings. The molecule has 1 atom stereocenters. The highest BCUT2D eigenvalue weighted by atomic mass is 32.1. The molecule has 0 aliphatic heterocycles. The van der Waals surface area contributed by atoms with Gasteiger partial charge < -0.3 is 5.11 Å². The number of nitrogens with zero attached hydrogens (tertiary/aromatic N) is 3. The van der Waals surface area contributed by atoms with Crippen LogP contribution in [-0.4, -0.2) is 19.9 Å². The molecule has 92 valence electrons. The number of hydrogen-bond acceptors (Lipinski definition) is 4. The van der Waals surface area contributed by atoms with Crippen molar-refractivity contribution in [1.82, 2.24) is 14.8 Å². The Kier molecular flexibility index (Phi) is 3.59. The first-order valence-electron chi connectivity index (χ1n) is 5.76. The van der Waals surface area contributed by atoms with Gasteiger partial charge in [-0.3, -0.25) is 0 Å². The molecular weight excluding hydrogens is 234 g/mol. The van der Waals surface area contributed by atoms with E-state index in [1.807, 2.05) is 19.9 Å². The van der Waals surface area contributed by atoms with Crippen LogP contribution in [0.1, 0.15) is 40.6 Å². The van der Waals surface area contributed by atoms with Crippen LogP contribution in [0.25, 0.3) is 0 Å². The molecular formula is C12H17N3OS. The maximum Gasteiger partial charge on any atom is 0.160 e. The molecule has 5 heteroatoms. The van der Waals surface area contributed by atoms with Crippen LogP contribution >= 0.6 is 11.3 Å². The second-order valence-corrected chi connectivity index (χ2v) is 5.57. The van der Waals surface area contributed by atoms with E-state index in [4.69, 9.17) is 0 Å². The van der Waals surface area contributed by atoms with E-state index >= 15 is 0 Å². The quantitative estimate of drug-likeness (QED) is 0.908. The summed E-state index contributed by atoms with van der Waals surface area (Å²) in [6, 6.07) is 2.02. The standard InChI is InChI=1S/C12H17N3OS/c1-4-5-15-12(13-7-14-15)11(16)10-6-8(2)17-9(10)3/h6-7,11,16H,4-5H2,1-3H3. The lowest BCUT2D eigenvalue weighted by molar-refractivity contribution is 0.202. The first-order chi connectivity index (χ1) is 8.13. The monoisotopic (exact) mass is 251 g/mol. The predicted molar refractivity (Wildman–Crippen MR) is 68.2 cm³/mol. The summed E-state index contributed by atoms with van der Waals surface area (Å²) in [6.45, 7) is 6.94. The fourth-order valence-electron chi connectivity index (χ4n) is 1.93.